The summed E-state index contributed by atoms with van der Waals surface area (Å²) in [5.74, 6) is -3.16. The maximum Gasteiger partial charge on any atom is 0.311 e. The van der Waals surface area contributed by atoms with Gasteiger partial charge in [-0.05, 0) is 41.7 Å². The van der Waals surface area contributed by atoms with Gasteiger partial charge in [-0.25, -0.2) is 19.6 Å². The van der Waals surface area contributed by atoms with Gasteiger partial charge in [0.05, 0.1) is 115 Å². The quantitative estimate of drug-likeness (QED) is 0.0266. The summed E-state index contributed by atoms with van der Waals surface area (Å²) in [7, 11) is 2.86. The molecule has 0 spiro atoms. The fourth-order valence-electron chi connectivity index (χ4n) is 6.06. The third kappa shape index (κ3) is 13.0. The summed E-state index contributed by atoms with van der Waals surface area (Å²) in [5, 5.41) is 0. The second-order valence-electron chi connectivity index (χ2n) is 13.6. The Balaban J connectivity index is 1.47. The van der Waals surface area contributed by atoms with Crippen LogP contribution in [0.15, 0.2) is 30.3 Å². The lowest BCUT2D eigenvalue weighted by molar-refractivity contribution is -0.277. The van der Waals surface area contributed by atoms with E-state index in [4.69, 9.17) is 47.7 Å². The van der Waals surface area contributed by atoms with Crippen LogP contribution in [0.1, 0.15) is 76.3 Å². The van der Waals surface area contributed by atoms with E-state index in [-0.39, 0.29) is 73.9 Å². The van der Waals surface area contributed by atoms with Crippen LogP contribution < -0.4 is 4.74 Å². The molecule has 0 N–H and O–H groups in total. The lowest BCUT2D eigenvalue weighted by atomic mass is 9.73. The minimum Gasteiger partial charge on any atom is -0.490 e. The van der Waals surface area contributed by atoms with E-state index in [1.807, 2.05) is 33.8 Å². The number of hydrogen-bond acceptors (Lipinski definition) is 15. The summed E-state index contributed by atoms with van der Waals surface area (Å²) in [5.41, 5.74) is -1.76. The molecule has 17 heteroatoms. The van der Waals surface area contributed by atoms with Crippen molar-refractivity contribution in [1.82, 2.24) is 0 Å². The number of carbonyl (C=O) groups excluding carboxylic acids is 1. The number of aldehydes is 1. The summed E-state index contributed by atoms with van der Waals surface area (Å²) < 4.78 is 80.9. The molecule has 0 radical (unpaired) electrons. The topological polar surface area (TPSA) is 128 Å². The van der Waals surface area contributed by atoms with Gasteiger partial charge in [-0.3, -0.25) is 4.79 Å². The highest BCUT2D eigenvalue weighted by molar-refractivity contribution is 7.22. The normalized spacial score (nSPS) is 16.0. The van der Waals surface area contributed by atoms with Crippen molar-refractivity contribution in [2.75, 3.05) is 120 Å². The van der Waals surface area contributed by atoms with E-state index >= 15 is 8.78 Å². The number of alkyl halides is 2. The second kappa shape index (κ2) is 25.3. The molecule has 1 atom stereocenters. The van der Waals surface area contributed by atoms with E-state index in [2.05, 4.69) is 9.78 Å². The van der Waals surface area contributed by atoms with Crippen LogP contribution in [0.3, 0.4) is 0 Å². The molecule has 4 rings (SSSR count). The maximum absolute atomic E-state index is 17.7. The molecule has 1 aliphatic rings. The highest BCUT2D eigenvalue weighted by atomic mass is 32.1. The minimum atomic E-state index is -3.53. The lowest BCUT2D eigenvalue weighted by Crippen LogP contribution is -2.49. The average molecular weight is 861 g/mol. The van der Waals surface area contributed by atoms with E-state index in [0.717, 1.165) is 14.6 Å². The zero-order chi connectivity index (χ0) is 41.8. The molecule has 58 heavy (non-hydrogen) atoms. The first-order valence-corrected chi connectivity index (χ1v) is 21.1. The van der Waals surface area contributed by atoms with Crippen LogP contribution in [0, 0.1) is 0 Å². The minimum absolute atomic E-state index is 0.0289. The van der Waals surface area contributed by atoms with E-state index in [9.17, 15) is 4.79 Å². The number of fused-ring (bicyclic) bond motifs is 3. The zero-order valence-corrected chi connectivity index (χ0v) is 35.9. The van der Waals surface area contributed by atoms with Gasteiger partial charge in [-0.15, -0.1) is 22.7 Å². The Kier molecular flexibility index (Phi) is 21.0. The molecule has 1 unspecified atom stereocenters. The van der Waals surface area contributed by atoms with Crippen molar-refractivity contribution in [3.8, 4) is 15.5 Å². The van der Waals surface area contributed by atoms with Crippen molar-refractivity contribution < 1.29 is 71.0 Å². The molecule has 0 aliphatic heterocycles. The van der Waals surface area contributed by atoms with Gasteiger partial charge in [-0.1, -0.05) is 33.8 Å². The van der Waals surface area contributed by atoms with Crippen LogP contribution in [-0.4, -0.2) is 126 Å². The smallest absolute Gasteiger partial charge is 0.311 e. The van der Waals surface area contributed by atoms with Gasteiger partial charge in [0, 0.05) is 20.9 Å². The third-order valence-electron chi connectivity index (χ3n) is 8.93. The van der Waals surface area contributed by atoms with Crippen LogP contribution in [0.5, 0.6) is 5.75 Å². The Morgan fingerprint density at radius 3 is 1.48 bits per heavy atom. The summed E-state index contributed by atoms with van der Waals surface area (Å²) in [4.78, 5) is 34.1. The van der Waals surface area contributed by atoms with Gasteiger partial charge in [-0.2, -0.15) is 8.78 Å². The number of carbonyl (C=O) groups is 1. The summed E-state index contributed by atoms with van der Waals surface area (Å²) in [6.45, 7) is 12.4. The van der Waals surface area contributed by atoms with Crippen LogP contribution >= 0.6 is 22.7 Å². The lowest BCUT2D eigenvalue weighted by Gasteiger charge is -2.44. The summed E-state index contributed by atoms with van der Waals surface area (Å²) in [6, 6.07) is 8.00. The molecule has 2 aromatic heterocycles. The number of halogens is 2. The number of ether oxygens (including phenoxy) is 8. The first-order valence-electron chi connectivity index (χ1n) is 19.4. The molecule has 1 aliphatic carbocycles. The van der Waals surface area contributed by atoms with Crippen molar-refractivity contribution in [1.29, 1.82) is 0 Å². The largest absolute Gasteiger partial charge is 0.490 e. The Morgan fingerprint density at radius 2 is 1.02 bits per heavy atom. The summed E-state index contributed by atoms with van der Waals surface area (Å²) in [6.07, 6.45) is 0.605. The van der Waals surface area contributed by atoms with Crippen LogP contribution in [0.4, 0.5) is 8.78 Å². The fourth-order valence-corrected chi connectivity index (χ4v) is 8.62. The van der Waals surface area contributed by atoms with Crippen molar-refractivity contribution in [3.05, 3.63) is 62.3 Å². The van der Waals surface area contributed by atoms with Crippen LogP contribution in [0.25, 0.3) is 9.75 Å². The molecule has 3 aromatic rings. The van der Waals surface area contributed by atoms with Gasteiger partial charge < -0.3 is 37.9 Å². The van der Waals surface area contributed by atoms with Crippen LogP contribution in [-0.2, 0) is 64.2 Å². The van der Waals surface area contributed by atoms with E-state index < -0.39 is 11.5 Å². The molecule has 0 saturated carbocycles. The summed E-state index contributed by atoms with van der Waals surface area (Å²) >= 11 is 2.90. The first-order chi connectivity index (χ1) is 28.1. The van der Waals surface area contributed by atoms with Gasteiger partial charge in [0.1, 0.15) is 25.6 Å². The maximum atomic E-state index is 17.7. The Morgan fingerprint density at radius 1 is 0.586 bits per heavy atom. The number of rotatable bonds is 32. The first kappa shape index (κ1) is 48.2. The highest BCUT2D eigenvalue weighted by Gasteiger charge is 2.64. The van der Waals surface area contributed by atoms with E-state index in [1.165, 1.54) is 43.0 Å². The standard InChI is InChI=1S/C41H58F2O13S2/c1-29(2)36-26-33-38(57-36)39-34(27-37(58-39)30(3)4)41(42,43)40(33,54-22-18-50-14-10-48-12-16-52-20-24-56-46-6)32-7-8-35(31(25-32)28-44)53-21-17-49-13-9-47-11-15-51-19-23-55-45-5/h7-8,25-30H,9-24H2,1-6H3. The molecule has 2 heterocycles. The second-order valence-corrected chi connectivity index (χ2v) is 15.7. The molecule has 0 fully saturated rings. The molecule has 1 aromatic carbocycles. The molecule has 0 bridgehead atoms. The zero-order valence-electron chi connectivity index (χ0n) is 34.3. The monoisotopic (exact) mass is 860 g/mol. The van der Waals surface area contributed by atoms with E-state index in [0.29, 0.717) is 82.8 Å². The highest BCUT2D eigenvalue weighted by Crippen LogP contribution is 2.64. The van der Waals surface area contributed by atoms with Crippen molar-refractivity contribution >= 4 is 29.0 Å². The third-order valence-corrected chi connectivity index (χ3v) is 12.0. The number of thiophene rings is 2. The predicted molar refractivity (Wildman–Crippen MR) is 215 cm³/mol. The van der Waals surface area contributed by atoms with Gasteiger partial charge >= 0.3 is 5.92 Å². The SMILES string of the molecule is COOCCOCCOCCOCCOc1ccc(C2(OCCOCCOCCOCCOOC)c3cc(C(C)C)sc3-c3sc(C(C)C)cc3C2(F)F)cc1C=O. The average Bonchev–Trinajstić information content (AvgIpc) is 3.87. The predicted octanol–water partition coefficient (Wildman–Crippen LogP) is 7.54. The van der Waals surface area contributed by atoms with E-state index in [1.54, 1.807) is 18.2 Å². The molecule has 326 valence electrons. The van der Waals surface area contributed by atoms with Crippen molar-refractivity contribution in [2.45, 2.75) is 51.1 Å². The number of hydrogen-bond donors (Lipinski definition) is 0. The van der Waals surface area contributed by atoms with Crippen molar-refractivity contribution in [2.24, 2.45) is 0 Å². The number of benzene rings is 1. The molecular formula is C41H58F2O13S2. The molecule has 0 saturated heterocycles. The Hall–Kier alpha value is -2.49. The van der Waals surface area contributed by atoms with Gasteiger partial charge in [0.25, 0.3) is 0 Å². The fraction of sp³-hybridized carbons (Fsp3) is 0.634. The van der Waals surface area contributed by atoms with Gasteiger partial charge in [0.2, 0.25) is 0 Å². The molecular weight excluding hydrogens is 803 g/mol. The van der Waals surface area contributed by atoms with Crippen molar-refractivity contribution in [3.63, 3.8) is 0 Å². The Labute approximate surface area is 347 Å². The van der Waals surface area contributed by atoms with Crippen LogP contribution in [0.2, 0.25) is 0 Å². The molecule has 13 nitrogen and oxygen atoms in total. The Bertz CT molecular complexity index is 1630. The van der Waals surface area contributed by atoms with Gasteiger partial charge in [0.15, 0.2) is 11.9 Å². The molecule has 0 amide bonds.